The molecule has 124 valence electrons. The first-order chi connectivity index (χ1) is 11.7. The fourth-order valence-electron chi connectivity index (χ4n) is 2.38. The fraction of sp³-hybridized carbons (Fsp3) is 0.278. The van der Waals surface area contributed by atoms with E-state index in [0.29, 0.717) is 53.4 Å². The molecule has 0 saturated carbocycles. The van der Waals surface area contributed by atoms with Crippen molar-refractivity contribution in [3.8, 4) is 29.1 Å². The molecule has 2 aromatic carbocycles. The third-order valence-corrected chi connectivity index (χ3v) is 3.83. The molecule has 5 nitrogen and oxygen atoms in total. The van der Waals surface area contributed by atoms with Crippen molar-refractivity contribution in [3.05, 3.63) is 46.5 Å². The zero-order valence-corrected chi connectivity index (χ0v) is 13.9. The van der Waals surface area contributed by atoms with Gasteiger partial charge in [-0.3, -0.25) is 0 Å². The SMILES string of the molecule is COc1cc(C#N)ccc1OCc1cc(Cl)c2c(c1)OCCCO2. The van der Waals surface area contributed by atoms with Crippen LogP contribution in [0.1, 0.15) is 17.5 Å². The van der Waals surface area contributed by atoms with Crippen LogP contribution in [0.5, 0.6) is 23.0 Å². The molecule has 3 rings (SSSR count). The smallest absolute Gasteiger partial charge is 0.179 e. The van der Waals surface area contributed by atoms with Crippen LogP contribution in [0.4, 0.5) is 0 Å². The van der Waals surface area contributed by atoms with Gasteiger partial charge in [0.2, 0.25) is 0 Å². The van der Waals surface area contributed by atoms with Gasteiger partial charge in [-0.05, 0) is 29.8 Å². The maximum absolute atomic E-state index is 8.94. The Morgan fingerprint density at radius 1 is 1.17 bits per heavy atom. The Morgan fingerprint density at radius 2 is 2.00 bits per heavy atom. The zero-order chi connectivity index (χ0) is 16.9. The van der Waals surface area contributed by atoms with Gasteiger partial charge in [0, 0.05) is 12.5 Å². The van der Waals surface area contributed by atoms with E-state index < -0.39 is 0 Å². The van der Waals surface area contributed by atoms with Gasteiger partial charge in [-0.1, -0.05) is 11.6 Å². The van der Waals surface area contributed by atoms with Crippen molar-refractivity contribution in [2.45, 2.75) is 13.0 Å². The number of nitrogens with zero attached hydrogens (tertiary/aromatic N) is 1. The molecule has 0 aliphatic carbocycles. The monoisotopic (exact) mass is 345 g/mol. The molecule has 0 radical (unpaired) electrons. The predicted octanol–water partition coefficient (Wildman–Crippen LogP) is 3.96. The highest BCUT2D eigenvalue weighted by atomic mass is 35.5. The van der Waals surface area contributed by atoms with Crippen molar-refractivity contribution < 1.29 is 18.9 Å². The third kappa shape index (κ3) is 3.50. The summed E-state index contributed by atoms with van der Waals surface area (Å²) in [5, 5.41) is 9.44. The first-order valence-corrected chi connectivity index (χ1v) is 7.88. The summed E-state index contributed by atoms with van der Waals surface area (Å²) in [4.78, 5) is 0. The number of benzene rings is 2. The Bertz CT molecular complexity index is 785. The average molecular weight is 346 g/mol. The fourth-order valence-corrected chi connectivity index (χ4v) is 2.67. The molecule has 1 heterocycles. The van der Waals surface area contributed by atoms with Crippen molar-refractivity contribution in [2.75, 3.05) is 20.3 Å². The molecule has 24 heavy (non-hydrogen) atoms. The molecule has 0 fully saturated rings. The van der Waals surface area contributed by atoms with Gasteiger partial charge in [0.15, 0.2) is 23.0 Å². The van der Waals surface area contributed by atoms with Crippen LogP contribution in [0.25, 0.3) is 0 Å². The summed E-state index contributed by atoms with van der Waals surface area (Å²) in [5.74, 6) is 2.27. The normalized spacial score (nSPS) is 12.9. The molecule has 0 atom stereocenters. The minimum absolute atomic E-state index is 0.290. The van der Waals surface area contributed by atoms with E-state index in [1.54, 1.807) is 24.3 Å². The minimum Gasteiger partial charge on any atom is -0.493 e. The first-order valence-electron chi connectivity index (χ1n) is 7.50. The van der Waals surface area contributed by atoms with Crippen molar-refractivity contribution in [1.82, 2.24) is 0 Å². The van der Waals surface area contributed by atoms with Crippen LogP contribution in [-0.4, -0.2) is 20.3 Å². The summed E-state index contributed by atoms with van der Waals surface area (Å²) < 4.78 is 22.3. The maximum atomic E-state index is 8.94. The van der Waals surface area contributed by atoms with Gasteiger partial charge in [0.05, 0.1) is 37.0 Å². The van der Waals surface area contributed by atoms with Crippen molar-refractivity contribution >= 4 is 11.6 Å². The van der Waals surface area contributed by atoms with Gasteiger partial charge in [0.1, 0.15) is 6.61 Å². The maximum Gasteiger partial charge on any atom is 0.179 e. The van der Waals surface area contributed by atoms with E-state index in [1.165, 1.54) is 7.11 Å². The number of ether oxygens (including phenoxy) is 4. The standard InChI is InChI=1S/C18H16ClNO4/c1-21-16-8-12(10-20)3-4-15(16)24-11-13-7-14(19)18-17(9-13)22-5-2-6-23-18/h3-4,7-9H,2,5-6,11H2,1H3. The Hall–Kier alpha value is -2.58. The first kappa shape index (κ1) is 16.3. The van der Waals surface area contributed by atoms with E-state index in [0.717, 1.165) is 12.0 Å². The van der Waals surface area contributed by atoms with Gasteiger partial charge >= 0.3 is 0 Å². The molecule has 0 spiro atoms. The summed E-state index contributed by atoms with van der Waals surface area (Å²) in [5.41, 5.74) is 1.37. The lowest BCUT2D eigenvalue weighted by atomic mass is 10.2. The summed E-state index contributed by atoms with van der Waals surface area (Å²) in [6, 6.07) is 10.8. The zero-order valence-electron chi connectivity index (χ0n) is 13.2. The topological polar surface area (TPSA) is 60.7 Å². The molecule has 0 bridgehead atoms. The van der Waals surface area contributed by atoms with Gasteiger partial charge < -0.3 is 18.9 Å². The van der Waals surface area contributed by atoms with E-state index in [1.807, 2.05) is 6.07 Å². The summed E-state index contributed by atoms with van der Waals surface area (Å²) >= 11 is 6.28. The van der Waals surface area contributed by atoms with Crippen LogP contribution in [0.2, 0.25) is 5.02 Å². The molecule has 0 saturated heterocycles. The molecular formula is C18H16ClNO4. The lowest BCUT2D eigenvalue weighted by molar-refractivity contribution is 0.282. The highest BCUT2D eigenvalue weighted by Gasteiger charge is 2.16. The van der Waals surface area contributed by atoms with Crippen LogP contribution >= 0.6 is 11.6 Å². The van der Waals surface area contributed by atoms with Crippen LogP contribution in [0.3, 0.4) is 0 Å². The number of fused-ring (bicyclic) bond motifs is 1. The van der Waals surface area contributed by atoms with Crippen LogP contribution in [-0.2, 0) is 6.61 Å². The Morgan fingerprint density at radius 3 is 2.79 bits per heavy atom. The predicted molar refractivity (Wildman–Crippen MR) is 89.1 cm³/mol. The number of nitriles is 1. The summed E-state index contributed by atoms with van der Waals surface area (Å²) in [6.07, 6.45) is 0.819. The Kier molecular flexibility index (Phi) is 4.97. The molecule has 0 aromatic heterocycles. The number of halogens is 1. The molecular weight excluding hydrogens is 330 g/mol. The Balaban J connectivity index is 1.79. The summed E-state index contributed by atoms with van der Waals surface area (Å²) in [7, 11) is 1.54. The second-order valence-corrected chi connectivity index (χ2v) is 5.63. The van der Waals surface area contributed by atoms with E-state index in [2.05, 4.69) is 6.07 Å². The number of methoxy groups -OCH3 is 1. The van der Waals surface area contributed by atoms with Crippen LogP contribution in [0, 0.1) is 11.3 Å². The second-order valence-electron chi connectivity index (χ2n) is 5.22. The number of hydrogen-bond donors (Lipinski definition) is 0. The lowest BCUT2D eigenvalue weighted by Gasteiger charge is -2.14. The van der Waals surface area contributed by atoms with E-state index in [4.69, 9.17) is 35.8 Å². The number of hydrogen-bond acceptors (Lipinski definition) is 5. The third-order valence-electron chi connectivity index (χ3n) is 3.55. The molecule has 2 aromatic rings. The van der Waals surface area contributed by atoms with Gasteiger partial charge in [-0.2, -0.15) is 5.26 Å². The van der Waals surface area contributed by atoms with Crippen molar-refractivity contribution in [1.29, 1.82) is 5.26 Å². The second kappa shape index (κ2) is 7.33. The molecule has 6 heteroatoms. The summed E-state index contributed by atoms with van der Waals surface area (Å²) in [6.45, 7) is 1.47. The Labute approximate surface area is 145 Å². The van der Waals surface area contributed by atoms with Gasteiger partial charge in [-0.25, -0.2) is 0 Å². The van der Waals surface area contributed by atoms with Gasteiger partial charge in [0.25, 0.3) is 0 Å². The highest BCUT2D eigenvalue weighted by molar-refractivity contribution is 6.32. The van der Waals surface area contributed by atoms with E-state index in [-0.39, 0.29) is 0 Å². The average Bonchev–Trinajstić information content (AvgIpc) is 2.85. The molecule has 0 N–H and O–H groups in total. The number of rotatable bonds is 4. The van der Waals surface area contributed by atoms with Gasteiger partial charge in [-0.15, -0.1) is 0 Å². The minimum atomic E-state index is 0.290. The molecule has 0 unspecified atom stereocenters. The highest BCUT2D eigenvalue weighted by Crippen LogP contribution is 2.38. The lowest BCUT2D eigenvalue weighted by Crippen LogP contribution is -2.00. The van der Waals surface area contributed by atoms with Crippen LogP contribution in [0.15, 0.2) is 30.3 Å². The largest absolute Gasteiger partial charge is 0.493 e. The molecule has 1 aliphatic rings. The van der Waals surface area contributed by atoms with Crippen molar-refractivity contribution in [3.63, 3.8) is 0 Å². The van der Waals surface area contributed by atoms with Crippen molar-refractivity contribution in [2.24, 2.45) is 0 Å². The van der Waals surface area contributed by atoms with E-state index >= 15 is 0 Å². The van der Waals surface area contributed by atoms with Crippen LogP contribution < -0.4 is 18.9 Å². The molecule has 0 amide bonds. The van der Waals surface area contributed by atoms with E-state index in [9.17, 15) is 0 Å². The molecule has 1 aliphatic heterocycles. The quantitative estimate of drug-likeness (QED) is 0.839.